The Morgan fingerprint density at radius 1 is 1.08 bits per heavy atom. The summed E-state index contributed by atoms with van der Waals surface area (Å²) in [5, 5.41) is 12.0. The number of amides is 2. The standard InChI is InChI=1S/C27H28F3N5O3/c28-27(29,30)17-4-1-3-16(13-17)24(37)32-26-31-21-14-19(7-9-22(21)33(26)11-2-12-36)34-15-20-8-10-23(25(34)38)35(20)18-5-6-18/h1,3-4,7,9,13-14,18,20,23,36H,2,5-6,8,10-12,15H2,(H,31,32,37). The Morgan fingerprint density at radius 3 is 2.61 bits per heavy atom. The number of rotatable bonds is 7. The van der Waals surface area contributed by atoms with Gasteiger partial charge in [0.1, 0.15) is 0 Å². The number of carbonyl (C=O) groups excluding carboxylic acids is 2. The normalized spacial score (nSPS) is 21.9. The number of halogens is 3. The van der Waals surface area contributed by atoms with Crippen molar-refractivity contribution in [1.29, 1.82) is 0 Å². The van der Waals surface area contributed by atoms with E-state index in [1.165, 1.54) is 12.1 Å². The number of fused-ring (bicyclic) bond motifs is 3. The predicted octanol–water partition coefficient (Wildman–Crippen LogP) is 4.03. The molecule has 2 amide bonds. The summed E-state index contributed by atoms with van der Waals surface area (Å²) in [6, 6.07) is 10.5. The van der Waals surface area contributed by atoms with E-state index in [1.807, 2.05) is 23.1 Å². The van der Waals surface area contributed by atoms with Crippen molar-refractivity contribution in [3.05, 3.63) is 53.6 Å². The molecule has 6 rings (SSSR count). The molecular formula is C27H28F3N5O3. The van der Waals surface area contributed by atoms with Gasteiger partial charge in [-0.15, -0.1) is 0 Å². The van der Waals surface area contributed by atoms with Crippen molar-refractivity contribution < 1.29 is 27.9 Å². The van der Waals surface area contributed by atoms with Crippen LogP contribution in [0.2, 0.25) is 0 Å². The molecule has 2 saturated heterocycles. The van der Waals surface area contributed by atoms with Crippen LogP contribution in [0.15, 0.2) is 42.5 Å². The maximum absolute atomic E-state index is 13.4. The number of benzene rings is 2. The smallest absolute Gasteiger partial charge is 0.396 e. The fourth-order valence-corrected chi connectivity index (χ4v) is 5.83. The van der Waals surface area contributed by atoms with Crippen molar-refractivity contribution in [1.82, 2.24) is 14.5 Å². The lowest BCUT2D eigenvalue weighted by molar-refractivity contribution is -0.137. The lowest BCUT2D eigenvalue weighted by atomic mass is 10.1. The van der Waals surface area contributed by atoms with E-state index in [-0.39, 0.29) is 30.1 Å². The van der Waals surface area contributed by atoms with E-state index in [0.29, 0.717) is 42.6 Å². The van der Waals surface area contributed by atoms with Gasteiger partial charge in [0.15, 0.2) is 0 Å². The molecule has 2 bridgehead atoms. The van der Waals surface area contributed by atoms with Crippen LogP contribution in [0.3, 0.4) is 0 Å². The maximum atomic E-state index is 13.4. The Kier molecular flexibility index (Phi) is 6.14. The fourth-order valence-electron chi connectivity index (χ4n) is 5.83. The quantitative estimate of drug-likeness (QED) is 0.484. The van der Waals surface area contributed by atoms with E-state index in [0.717, 1.165) is 43.5 Å². The van der Waals surface area contributed by atoms with Gasteiger partial charge in [-0.1, -0.05) is 6.07 Å². The second kappa shape index (κ2) is 9.39. The first kappa shape index (κ1) is 24.9. The molecule has 200 valence electrons. The van der Waals surface area contributed by atoms with Crippen molar-refractivity contribution in [2.75, 3.05) is 23.4 Å². The number of aromatic nitrogens is 2. The third-order valence-electron chi connectivity index (χ3n) is 7.73. The van der Waals surface area contributed by atoms with E-state index in [9.17, 15) is 27.9 Å². The molecule has 2 unspecified atom stereocenters. The molecule has 2 aliphatic heterocycles. The number of aryl methyl sites for hydroxylation is 1. The minimum absolute atomic E-state index is 0.0820. The van der Waals surface area contributed by atoms with Crippen LogP contribution >= 0.6 is 0 Å². The Labute approximate surface area is 217 Å². The zero-order valence-corrected chi connectivity index (χ0v) is 20.6. The number of nitrogens with zero attached hydrogens (tertiary/aromatic N) is 4. The Morgan fingerprint density at radius 2 is 1.87 bits per heavy atom. The monoisotopic (exact) mass is 527 g/mol. The van der Waals surface area contributed by atoms with Crippen molar-refractivity contribution in [3.8, 4) is 0 Å². The number of aliphatic hydroxyl groups is 1. The fraction of sp³-hybridized carbons (Fsp3) is 0.444. The average molecular weight is 528 g/mol. The molecule has 3 aromatic rings. The highest BCUT2D eigenvalue weighted by Gasteiger charge is 2.51. The summed E-state index contributed by atoms with van der Waals surface area (Å²) in [5.41, 5.74) is 0.912. The summed E-state index contributed by atoms with van der Waals surface area (Å²) in [4.78, 5) is 35.1. The highest BCUT2D eigenvalue weighted by Crippen LogP contribution is 2.42. The van der Waals surface area contributed by atoms with Crippen molar-refractivity contribution in [3.63, 3.8) is 0 Å². The number of nitrogens with one attached hydrogen (secondary N) is 1. The van der Waals surface area contributed by atoms with E-state index in [4.69, 9.17) is 0 Å². The van der Waals surface area contributed by atoms with Gasteiger partial charge in [0.05, 0.1) is 22.6 Å². The van der Waals surface area contributed by atoms with Gasteiger partial charge in [0.2, 0.25) is 11.9 Å². The van der Waals surface area contributed by atoms with Crippen LogP contribution in [-0.4, -0.2) is 62.6 Å². The van der Waals surface area contributed by atoms with E-state index in [2.05, 4.69) is 15.2 Å². The number of aliphatic hydroxyl groups excluding tert-OH is 1. The van der Waals surface area contributed by atoms with Crippen LogP contribution in [0.1, 0.15) is 48.0 Å². The zero-order chi connectivity index (χ0) is 26.6. The Balaban J connectivity index is 1.29. The second-order valence-corrected chi connectivity index (χ2v) is 10.2. The summed E-state index contributed by atoms with van der Waals surface area (Å²) in [7, 11) is 0. The Bertz CT molecular complexity index is 1400. The van der Waals surface area contributed by atoms with Crippen LogP contribution in [0.4, 0.5) is 24.8 Å². The SMILES string of the molecule is O=C(Nc1nc2cc(N3CC4CCC(C3=O)N4C3CC3)ccc2n1CCCO)c1cccc(C(F)(F)F)c1. The largest absolute Gasteiger partial charge is 0.416 e. The first-order chi connectivity index (χ1) is 18.2. The lowest BCUT2D eigenvalue weighted by Crippen LogP contribution is -2.58. The maximum Gasteiger partial charge on any atom is 0.416 e. The number of hydrogen-bond donors (Lipinski definition) is 2. The van der Waals surface area contributed by atoms with Gasteiger partial charge in [0, 0.05) is 43.0 Å². The van der Waals surface area contributed by atoms with Crippen molar-refractivity contribution >= 4 is 34.5 Å². The number of alkyl halides is 3. The molecule has 0 spiro atoms. The van der Waals surface area contributed by atoms with Gasteiger partial charge in [0.25, 0.3) is 5.91 Å². The van der Waals surface area contributed by atoms with Crippen molar-refractivity contribution in [2.45, 2.75) is 63.0 Å². The number of carbonyl (C=O) groups is 2. The van der Waals surface area contributed by atoms with Crippen LogP contribution < -0.4 is 10.2 Å². The zero-order valence-electron chi connectivity index (χ0n) is 20.6. The van der Waals surface area contributed by atoms with Gasteiger partial charge >= 0.3 is 6.18 Å². The second-order valence-electron chi connectivity index (χ2n) is 10.2. The summed E-state index contributed by atoms with van der Waals surface area (Å²) in [5.74, 6) is -0.458. The third-order valence-corrected chi connectivity index (χ3v) is 7.73. The first-order valence-corrected chi connectivity index (χ1v) is 12.9. The molecule has 3 heterocycles. The summed E-state index contributed by atoms with van der Waals surface area (Å²) >= 11 is 0. The minimum atomic E-state index is -4.57. The molecule has 0 radical (unpaired) electrons. The molecular weight excluding hydrogens is 499 g/mol. The molecule has 1 saturated carbocycles. The van der Waals surface area contributed by atoms with Crippen LogP contribution in [-0.2, 0) is 17.5 Å². The number of hydrogen-bond acceptors (Lipinski definition) is 5. The minimum Gasteiger partial charge on any atom is -0.396 e. The number of imidazole rings is 1. The average Bonchev–Trinajstić information content (AvgIpc) is 3.60. The van der Waals surface area contributed by atoms with E-state index in [1.54, 1.807) is 4.57 Å². The predicted molar refractivity (Wildman–Crippen MR) is 135 cm³/mol. The van der Waals surface area contributed by atoms with Gasteiger partial charge in [-0.3, -0.25) is 19.8 Å². The Hall–Kier alpha value is -3.44. The summed E-state index contributed by atoms with van der Waals surface area (Å²) in [6.45, 7) is 0.886. The molecule has 2 atom stereocenters. The molecule has 1 aromatic heterocycles. The molecule has 2 aromatic carbocycles. The summed E-state index contributed by atoms with van der Waals surface area (Å²) in [6.07, 6.45) is 0.0268. The van der Waals surface area contributed by atoms with Crippen LogP contribution in [0.25, 0.3) is 11.0 Å². The highest BCUT2D eigenvalue weighted by molar-refractivity contribution is 6.04. The van der Waals surface area contributed by atoms with Crippen LogP contribution in [0, 0.1) is 0 Å². The van der Waals surface area contributed by atoms with Gasteiger partial charge in [-0.25, -0.2) is 4.98 Å². The molecule has 38 heavy (non-hydrogen) atoms. The van der Waals surface area contributed by atoms with E-state index < -0.39 is 17.6 Å². The molecule has 11 heteroatoms. The molecule has 2 N–H and O–H groups in total. The molecule has 3 fully saturated rings. The summed E-state index contributed by atoms with van der Waals surface area (Å²) < 4.78 is 41.1. The lowest BCUT2D eigenvalue weighted by Gasteiger charge is -2.40. The van der Waals surface area contributed by atoms with Crippen LogP contribution in [0.5, 0.6) is 0 Å². The molecule has 8 nitrogen and oxygen atoms in total. The van der Waals surface area contributed by atoms with E-state index >= 15 is 0 Å². The topological polar surface area (TPSA) is 90.7 Å². The highest BCUT2D eigenvalue weighted by atomic mass is 19.4. The van der Waals surface area contributed by atoms with Gasteiger partial charge in [-0.2, -0.15) is 13.2 Å². The van der Waals surface area contributed by atoms with Gasteiger partial charge < -0.3 is 14.6 Å². The number of anilines is 2. The van der Waals surface area contributed by atoms with Crippen molar-refractivity contribution in [2.24, 2.45) is 0 Å². The first-order valence-electron chi connectivity index (χ1n) is 12.9. The van der Waals surface area contributed by atoms with Gasteiger partial charge in [-0.05, 0) is 68.5 Å². The third kappa shape index (κ3) is 4.43. The number of piperazine rings is 1. The molecule has 1 aliphatic carbocycles. The molecule has 3 aliphatic rings.